The standard InChI is InChI=1S/C14H22N2O3/c1-4-6-11(3)15-12-8-13(16(17)18)10-14(9-12)19-7-5-2/h8-11,15H,4-7H2,1-3H3. The van der Waals surface area contributed by atoms with Gasteiger partial charge in [0.15, 0.2) is 0 Å². The smallest absolute Gasteiger partial charge is 0.275 e. The Morgan fingerprint density at radius 1 is 1.32 bits per heavy atom. The van der Waals surface area contributed by atoms with Crippen molar-refractivity contribution in [2.75, 3.05) is 11.9 Å². The summed E-state index contributed by atoms with van der Waals surface area (Å²) in [4.78, 5) is 10.5. The second kappa shape index (κ2) is 7.61. The first-order valence-corrected chi connectivity index (χ1v) is 6.75. The Bertz CT molecular complexity index is 421. The molecule has 5 heteroatoms. The largest absolute Gasteiger partial charge is 0.493 e. The van der Waals surface area contributed by atoms with Crippen molar-refractivity contribution in [3.8, 4) is 5.75 Å². The molecule has 0 radical (unpaired) electrons. The van der Waals surface area contributed by atoms with E-state index in [-0.39, 0.29) is 11.7 Å². The lowest BCUT2D eigenvalue weighted by Gasteiger charge is -2.15. The summed E-state index contributed by atoms with van der Waals surface area (Å²) in [5.41, 5.74) is 0.793. The maximum Gasteiger partial charge on any atom is 0.275 e. The fraction of sp³-hybridized carbons (Fsp3) is 0.571. The molecule has 0 saturated carbocycles. The molecule has 0 spiro atoms. The van der Waals surface area contributed by atoms with Crippen LogP contribution in [-0.2, 0) is 0 Å². The summed E-state index contributed by atoms with van der Waals surface area (Å²) in [6.45, 7) is 6.74. The van der Waals surface area contributed by atoms with Gasteiger partial charge in [0.05, 0.1) is 17.6 Å². The van der Waals surface area contributed by atoms with Gasteiger partial charge in [-0.2, -0.15) is 0 Å². The SMILES string of the molecule is CCCOc1cc(NC(C)CCC)cc([N+](=O)[O-])c1. The maximum atomic E-state index is 10.9. The third-order valence-corrected chi connectivity index (χ3v) is 2.71. The lowest BCUT2D eigenvalue weighted by Crippen LogP contribution is -2.14. The first-order chi connectivity index (χ1) is 9.06. The number of anilines is 1. The summed E-state index contributed by atoms with van der Waals surface area (Å²) in [6.07, 6.45) is 2.97. The number of rotatable bonds is 8. The molecule has 0 fully saturated rings. The first-order valence-electron chi connectivity index (χ1n) is 6.75. The molecule has 106 valence electrons. The Morgan fingerprint density at radius 3 is 2.63 bits per heavy atom. The highest BCUT2D eigenvalue weighted by Crippen LogP contribution is 2.27. The summed E-state index contributed by atoms with van der Waals surface area (Å²) in [5, 5.41) is 14.2. The van der Waals surface area contributed by atoms with Gasteiger partial charge in [0, 0.05) is 23.9 Å². The van der Waals surface area contributed by atoms with Crippen LogP contribution >= 0.6 is 0 Å². The Labute approximate surface area is 114 Å². The highest BCUT2D eigenvalue weighted by molar-refractivity contribution is 5.56. The van der Waals surface area contributed by atoms with Gasteiger partial charge in [-0.25, -0.2) is 0 Å². The molecule has 1 N–H and O–H groups in total. The van der Waals surface area contributed by atoms with Crippen molar-refractivity contribution in [2.24, 2.45) is 0 Å². The van der Waals surface area contributed by atoms with Gasteiger partial charge in [0.1, 0.15) is 5.75 Å². The topological polar surface area (TPSA) is 64.4 Å². The van der Waals surface area contributed by atoms with E-state index in [0.717, 1.165) is 24.9 Å². The van der Waals surface area contributed by atoms with Crippen molar-refractivity contribution < 1.29 is 9.66 Å². The molecule has 0 amide bonds. The number of non-ortho nitro benzene ring substituents is 1. The molecule has 0 aliphatic heterocycles. The van der Waals surface area contributed by atoms with Crippen molar-refractivity contribution in [2.45, 2.75) is 46.1 Å². The third-order valence-electron chi connectivity index (χ3n) is 2.71. The number of ether oxygens (including phenoxy) is 1. The van der Waals surface area contributed by atoms with Crippen LogP contribution < -0.4 is 10.1 Å². The van der Waals surface area contributed by atoms with Crippen molar-refractivity contribution in [1.29, 1.82) is 0 Å². The van der Waals surface area contributed by atoms with Crippen molar-refractivity contribution in [3.63, 3.8) is 0 Å². The summed E-state index contributed by atoms with van der Waals surface area (Å²) in [7, 11) is 0. The number of nitro benzene ring substituents is 1. The summed E-state index contributed by atoms with van der Waals surface area (Å²) in [6, 6.07) is 5.11. The lowest BCUT2D eigenvalue weighted by atomic mass is 10.2. The zero-order valence-corrected chi connectivity index (χ0v) is 11.8. The molecule has 0 aliphatic rings. The van der Waals surface area contributed by atoms with Crippen LogP contribution in [0.2, 0.25) is 0 Å². The third kappa shape index (κ3) is 5.16. The Kier molecular flexibility index (Phi) is 6.12. The molecule has 19 heavy (non-hydrogen) atoms. The number of nitrogens with zero attached hydrogens (tertiary/aromatic N) is 1. The van der Waals surface area contributed by atoms with Crippen LogP contribution in [0.3, 0.4) is 0 Å². The van der Waals surface area contributed by atoms with E-state index in [1.54, 1.807) is 6.07 Å². The second-order valence-electron chi connectivity index (χ2n) is 4.66. The van der Waals surface area contributed by atoms with Crippen LogP contribution in [0.25, 0.3) is 0 Å². The van der Waals surface area contributed by atoms with E-state index in [4.69, 9.17) is 4.74 Å². The lowest BCUT2D eigenvalue weighted by molar-refractivity contribution is -0.384. The van der Waals surface area contributed by atoms with E-state index in [9.17, 15) is 10.1 Å². The van der Waals surface area contributed by atoms with Gasteiger partial charge < -0.3 is 10.1 Å². The molecule has 0 saturated heterocycles. The van der Waals surface area contributed by atoms with Gasteiger partial charge in [-0.15, -0.1) is 0 Å². The van der Waals surface area contributed by atoms with Crippen LogP contribution in [0.15, 0.2) is 18.2 Å². The number of hydrogen-bond acceptors (Lipinski definition) is 4. The van der Waals surface area contributed by atoms with Crippen molar-refractivity contribution in [3.05, 3.63) is 28.3 Å². The van der Waals surface area contributed by atoms with Gasteiger partial charge in [0.2, 0.25) is 0 Å². The summed E-state index contributed by atoms with van der Waals surface area (Å²) >= 11 is 0. The molecule has 0 bridgehead atoms. The normalized spacial score (nSPS) is 11.9. The predicted octanol–water partition coefficient (Wildman–Crippen LogP) is 3.98. The molecule has 5 nitrogen and oxygen atoms in total. The van der Waals surface area contributed by atoms with Crippen LogP contribution in [0.5, 0.6) is 5.75 Å². The fourth-order valence-electron chi connectivity index (χ4n) is 1.87. The first kappa shape index (κ1) is 15.3. The number of benzene rings is 1. The zero-order chi connectivity index (χ0) is 14.3. The molecule has 0 aromatic heterocycles. The molecule has 0 aliphatic carbocycles. The number of nitrogens with one attached hydrogen (secondary N) is 1. The number of nitro groups is 1. The molecule has 1 atom stereocenters. The quantitative estimate of drug-likeness (QED) is 0.571. The average Bonchev–Trinajstić information content (AvgIpc) is 2.36. The highest BCUT2D eigenvalue weighted by atomic mass is 16.6. The molecular formula is C14H22N2O3. The molecule has 0 heterocycles. The van der Waals surface area contributed by atoms with E-state index < -0.39 is 4.92 Å². The van der Waals surface area contributed by atoms with E-state index in [2.05, 4.69) is 19.2 Å². The van der Waals surface area contributed by atoms with Gasteiger partial charge in [0.25, 0.3) is 5.69 Å². The summed E-state index contributed by atoms with van der Waals surface area (Å²) in [5.74, 6) is 0.544. The molecular weight excluding hydrogens is 244 g/mol. The highest BCUT2D eigenvalue weighted by Gasteiger charge is 2.11. The second-order valence-corrected chi connectivity index (χ2v) is 4.66. The zero-order valence-electron chi connectivity index (χ0n) is 11.8. The Balaban J connectivity index is 2.89. The van der Waals surface area contributed by atoms with Crippen molar-refractivity contribution in [1.82, 2.24) is 0 Å². The molecule has 1 aromatic rings. The minimum Gasteiger partial charge on any atom is -0.493 e. The Morgan fingerprint density at radius 2 is 2.05 bits per heavy atom. The average molecular weight is 266 g/mol. The van der Waals surface area contributed by atoms with E-state index >= 15 is 0 Å². The molecule has 1 aromatic carbocycles. The van der Waals surface area contributed by atoms with Crippen molar-refractivity contribution >= 4 is 11.4 Å². The minimum atomic E-state index is -0.394. The fourth-order valence-corrected chi connectivity index (χ4v) is 1.87. The van der Waals surface area contributed by atoms with E-state index in [1.807, 2.05) is 13.0 Å². The number of hydrogen-bond donors (Lipinski definition) is 1. The Hall–Kier alpha value is -1.78. The van der Waals surface area contributed by atoms with E-state index in [0.29, 0.717) is 12.4 Å². The van der Waals surface area contributed by atoms with Crippen LogP contribution in [0.1, 0.15) is 40.0 Å². The predicted molar refractivity (Wildman–Crippen MR) is 76.9 cm³/mol. The van der Waals surface area contributed by atoms with Gasteiger partial charge >= 0.3 is 0 Å². The van der Waals surface area contributed by atoms with Crippen LogP contribution in [0, 0.1) is 10.1 Å². The van der Waals surface area contributed by atoms with Gasteiger partial charge in [-0.1, -0.05) is 20.3 Å². The van der Waals surface area contributed by atoms with Crippen LogP contribution in [0.4, 0.5) is 11.4 Å². The van der Waals surface area contributed by atoms with Gasteiger partial charge in [-0.3, -0.25) is 10.1 Å². The summed E-state index contributed by atoms with van der Waals surface area (Å²) < 4.78 is 5.48. The van der Waals surface area contributed by atoms with Gasteiger partial charge in [-0.05, 0) is 19.8 Å². The van der Waals surface area contributed by atoms with E-state index in [1.165, 1.54) is 6.07 Å². The van der Waals surface area contributed by atoms with Crippen LogP contribution in [-0.4, -0.2) is 17.6 Å². The minimum absolute atomic E-state index is 0.0554. The molecule has 1 rings (SSSR count). The molecule has 1 unspecified atom stereocenters. The maximum absolute atomic E-state index is 10.9. The monoisotopic (exact) mass is 266 g/mol.